The van der Waals surface area contributed by atoms with Crippen LogP contribution in [0.5, 0.6) is 0 Å². The molecule has 70 valence electrons. The zero-order valence-electron chi connectivity index (χ0n) is 7.69. The van der Waals surface area contributed by atoms with Crippen LogP contribution >= 0.6 is 0 Å². The number of nitrogens with zero attached hydrogens (tertiary/aromatic N) is 2. The van der Waals surface area contributed by atoms with Gasteiger partial charge in [-0.25, -0.2) is 0 Å². The summed E-state index contributed by atoms with van der Waals surface area (Å²) in [6.07, 6.45) is 1.46. The summed E-state index contributed by atoms with van der Waals surface area (Å²) >= 11 is 0. The predicted molar refractivity (Wildman–Crippen MR) is 52.8 cm³/mol. The van der Waals surface area contributed by atoms with E-state index in [4.69, 9.17) is 5.73 Å². The smallest absolute Gasteiger partial charge is 0.250 e. The number of primary amides is 1. The van der Waals surface area contributed by atoms with E-state index in [1.165, 1.54) is 6.20 Å². The molecule has 1 amide bonds. The molecule has 4 nitrogen and oxygen atoms in total. The van der Waals surface area contributed by atoms with Gasteiger partial charge in [-0.05, 0) is 25.1 Å². The van der Waals surface area contributed by atoms with Crippen LogP contribution in [-0.2, 0) is 0 Å². The quantitative estimate of drug-likeness (QED) is 0.725. The third-order valence-corrected chi connectivity index (χ3v) is 1.96. The fourth-order valence-electron chi connectivity index (χ4n) is 1.24. The largest absolute Gasteiger partial charge is 0.366 e. The second kappa shape index (κ2) is 3.06. The first-order chi connectivity index (χ1) is 6.66. The molecule has 0 unspecified atom stereocenters. The van der Waals surface area contributed by atoms with Gasteiger partial charge in [0, 0.05) is 11.9 Å². The molecule has 0 aliphatic rings. The number of amides is 1. The lowest BCUT2D eigenvalue weighted by Gasteiger charge is -1.99. The highest BCUT2D eigenvalue weighted by molar-refractivity contribution is 5.95. The van der Waals surface area contributed by atoms with Crippen molar-refractivity contribution in [2.75, 3.05) is 0 Å². The molecule has 0 saturated carbocycles. The lowest BCUT2D eigenvalue weighted by Crippen LogP contribution is -2.11. The number of fused-ring (bicyclic) bond motifs is 1. The Hall–Kier alpha value is -1.97. The molecule has 0 radical (unpaired) electrons. The average molecular weight is 187 g/mol. The Bertz CT molecular complexity index is 508. The van der Waals surface area contributed by atoms with Crippen molar-refractivity contribution in [1.82, 2.24) is 9.97 Å². The molecule has 0 aromatic carbocycles. The molecule has 0 aliphatic carbocycles. The minimum atomic E-state index is -0.484. The van der Waals surface area contributed by atoms with Gasteiger partial charge in [-0.1, -0.05) is 0 Å². The SMILES string of the molecule is Cc1ccc2ncc(C(N)=O)cc2n1. The van der Waals surface area contributed by atoms with Crippen molar-refractivity contribution >= 4 is 16.9 Å². The van der Waals surface area contributed by atoms with Crippen LogP contribution in [0.15, 0.2) is 24.4 Å². The van der Waals surface area contributed by atoms with E-state index in [2.05, 4.69) is 9.97 Å². The summed E-state index contributed by atoms with van der Waals surface area (Å²) in [5.74, 6) is -0.484. The van der Waals surface area contributed by atoms with Crippen LogP contribution in [0.3, 0.4) is 0 Å². The van der Waals surface area contributed by atoms with Crippen LogP contribution in [0.2, 0.25) is 0 Å². The maximum Gasteiger partial charge on any atom is 0.250 e. The number of hydrogen-bond acceptors (Lipinski definition) is 3. The van der Waals surface area contributed by atoms with Gasteiger partial charge in [0.15, 0.2) is 0 Å². The van der Waals surface area contributed by atoms with Crippen molar-refractivity contribution < 1.29 is 4.79 Å². The molecule has 2 rings (SSSR count). The highest BCUT2D eigenvalue weighted by Crippen LogP contribution is 2.11. The van der Waals surface area contributed by atoms with Crippen LogP contribution in [0.25, 0.3) is 11.0 Å². The van der Waals surface area contributed by atoms with E-state index in [0.29, 0.717) is 11.1 Å². The zero-order valence-corrected chi connectivity index (χ0v) is 7.69. The molecule has 0 atom stereocenters. The first-order valence-electron chi connectivity index (χ1n) is 4.20. The van der Waals surface area contributed by atoms with Gasteiger partial charge in [0.1, 0.15) is 0 Å². The fraction of sp³-hybridized carbons (Fsp3) is 0.100. The van der Waals surface area contributed by atoms with Gasteiger partial charge < -0.3 is 5.73 Å². The van der Waals surface area contributed by atoms with Gasteiger partial charge in [-0.3, -0.25) is 14.8 Å². The Balaban J connectivity index is 2.69. The summed E-state index contributed by atoms with van der Waals surface area (Å²) in [6.45, 7) is 1.89. The monoisotopic (exact) mass is 187 g/mol. The van der Waals surface area contributed by atoms with Gasteiger partial charge in [0.2, 0.25) is 5.91 Å². The van der Waals surface area contributed by atoms with Crippen molar-refractivity contribution in [3.05, 3.63) is 35.7 Å². The fourth-order valence-corrected chi connectivity index (χ4v) is 1.24. The zero-order chi connectivity index (χ0) is 10.1. The third-order valence-electron chi connectivity index (χ3n) is 1.96. The van der Waals surface area contributed by atoms with Crippen LogP contribution in [0.1, 0.15) is 16.1 Å². The van der Waals surface area contributed by atoms with E-state index in [-0.39, 0.29) is 0 Å². The van der Waals surface area contributed by atoms with Crippen LogP contribution < -0.4 is 5.73 Å². The van der Waals surface area contributed by atoms with Gasteiger partial charge in [0.25, 0.3) is 0 Å². The highest BCUT2D eigenvalue weighted by atomic mass is 16.1. The second-order valence-corrected chi connectivity index (χ2v) is 3.08. The molecule has 0 saturated heterocycles. The number of aryl methyl sites for hydroxylation is 1. The van der Waals surface area contributed by atoms with Crippen LogP contribution in [-0.4, -0.2) is 15.9 Å². The molecule has 0 spiro atoms. The topological polar surface area (TPSA) is 68.9 Å². The van der Waals surface area contributed by atoms with Crippen LogP contribution in [0, 0.1) is 6.92 Å². The Labute approximate surface area is 80.8 Å². The molecule has 2 aromatic rings. The molecule has 2 N–H and O–H groups in total. The maximum absolute atomic E-state index is 10.9. The lowest BCUT2D eigenvalue weighted by atomic mass is 10.2. The molecule has 14 heavy (non-hydrogen) atoms. The van der Waals surface area contributed by atoms with E-state index in [9.17, 15) is 4.79 Å². The third kappa shape index (κ3) is 1.42. The van der Waals surface area contributed by atoms with Gasteiger partial charge in [-0.15, -0.1) is 0 Å². The van der Waals surface area contributed by atoms with Crippen molar-refractivity contribution in [2.24, 2.45) is 5.73 Å². The summed E-state index contributed by atoms with van der Waals surface area (Å²) in [6, 6.07) is 5.39. The molecule has 0 aliphatic heterocycles. The summed E-state index contributed by atoms with van der Waals surface area (Å²) in [7, 11) is 0. The lowest BCUT2D eigenvalue weighted by molar-refractivity contribution is 0.1000. The molecule has 0 bridgehead atoms. The van der Waals surface area contributed by atoms with E-state index >= 15 is 0 Å². The number of carbonyl (C=O) groups is 1. The molecular weight excluding hydrogens is 178 g/mol. The number of pyridine rings is 2. The summed E-state index contributed by atoms with van der Waals surface area (Å²) in [5.41, 5.74) is 7.87. The minimum Gasteiger partial charge on any atom is -0.366 e. The Morgan fingerprint density at radius 3 is 2.86 bits per heavy atom. The standard InChI is InChI=1S/C10H9N3O/c1-6-2-3-8-9(13-6)4-7(5-12-8)10(11)14/h2-5H,1H3,(H2,11,14). The van der Waals surface area contributed by atoms with E-state index in [1.807, 2.05) is 19.1 Å². The summed E-state index contributed by atoms with van der Waals surface area (Å²) in [5, 5.41) is 0. The Morgan fingerprint density at radius 2 is 2.14 bits per heavy atom. The number of nitrogens with two attached hydrogens (primary N) is 1. The number of hydrogen-bond donors (Lipinski definition) is 1. The van der Waals surface area contributed by atoms with Crippen molar-refractivity contribution in [3.63, 3.8) is 0 Å². The van der Waals surface area contributed by atoms with Crippen molar-refractivity contribution in [1.29, 1.82) is 0 Å². The number of aromatic nitrogens is 2. The average Bonchev–Trinajstić information content (AvgIpc) is 2.16. The summed E-state index contributed by atoms with van der Waals surface area (Å²) < 4.78 is 0. The first kappa shape index (κ1) is 8.62. The summed E-state index contributed by atoms with van der Waals surface area (Å²) in [4.78, 5) is 19.2. The predicted octanol–water partition coefficient (Wildman–Crippen LogP) is 1.04. The van der Waals surface area contributed by atoms with Crippen molar-refractivity contribution in [3.8, 4) is 0 Å². The Kier molecular flexibility index (Phi) is 1.89. The van der Waals surface area contributed by atoms with E-state index in [0.717, 1.165) is 11.2 Å². The van der Waals surface area contributed by atoms with Gasteiger partial charge in [0.05, 0.1) is 16.6 Å². The number of carbonyl (C=O) groups excluding carboxylic acids is 1. The molecule has 2 heterocycles. The van der Waals surface area contributed by atoms with E-state index in [1.54, 1.807) is 6.07 Å². The van der Waals surface area contributed by atoms with Gasteiger partial charge in [-0.2, -0.15) is 0 Å². The van der Waals surface area contributed by atoms with E-state index < -0.39 is 5.91 Å². The minimum absolute atomic E-state index is 0.385. The number of rotatable bonds is 1. The van der Waals surface area contributed by atoms with Gasteiger partial charge >= 0.3 is 0 Å². The normalized spacial score (nSPS) is 10.4. The second-order valence-electron chi connectivity index (χ2n) is 3.08. The van der Waals surface area contributed by atoms with Crippen molar-refractivity contribution in [2.45, 2.75) is 6.92 Å². The Morgan fingerprint density at radius 1 is 1.36 bits per heavy atom. The first-order valence-corrected chi connectivity index (χ1v) is 4.20. The van der Waals surface area contributed by atoms with Crippen LogP contribution in [0.4, 0.5) is 0 Å². The maximum atomic E-state index is 10.9. The molecule has 0 fully saturated rings. The molecule has 4 heteroatoms. The molecule has 2 aromatic heterocycles. The molecular formula is C10H9N3O. The highest BCUT2D eigenvalue weighted by Gasteiger charge is 2.03.